The van der Waals surface area contributed by atoms with E-state index in [0.717, 1.165) is 44.2 Å². The number of nitrogens with one attached hydrogen (secondary N) is 2. The number of amides is 1. The van der Waals surface area contributed by atoms with Gasteiger partial charge in [0.2, 0.25) is 5.91 Å². The lowest BCUT2D eigenvalue weighted by atomic mass is 9.79. The van der Waals surface area contributed by atoms with Gasteiger partial charge in [-0.05, 0) is 57.5 Å². The molecule has 0 aromatic heterocycles. The molecule has 1 aliphatic carbocycles. The monoisotopic (exact) mass is 252 g/mol. The zero-order valence-electron chi connectivity index (χ0n) is 11.2. The van der Waals surface area contributed by atoms with Crippen molar-refractivity contribution in [3.63, 3.8) is 0 Å². The van der Waals surface area contributed by atoms with E-state index in [1.165, 1.54) is 13.0 Å². The van der Waals surface area contributed by atoms with Crippen LogP contribution in [-0.4, -0.2) is 37.7 Å². The molecular weight excluding hydrogens is 228 g/mol. The molecule has 3 unspecified atom stereocenters. The lowest BCUT2D eigenvalue weighted by Gasteiger charge is -2.32. The van der Waals surface area contributed by atoms with Crippen molar-refractivity contribution in [3.8, 4) is 0 Å². The van der Waals surface area contributed by atoms with Crippen LogP contribution in [0.4, 0.5) is 0 Å². The minimum Gasteiger partial charge on any atom is -0.378 e. The molecule has 0 aromatic rings. The number of carbonyl (C=O) groups excluding carboxylic acids is 1. The van der Waals surface area contributed by atoms with Crippen molar-refractivity contribution in [3.05, 3.63) is 0 Å². The summed E-state index contributed by atoms with van der Waals surface area (Å²) in [5.74, 6) is 1.92. The van der Waals surface area contributed by atoms with Gasteiger partial charge in [0, 0.05) is 12.6 Å². The summed E-state index contributed by atoms with van der Waals surface area (Å²) in [4.78, 5) is 12.2. The predicted molar refractivity (Wildman–Crippen MR) is 69.2 cm³/mol. The van der Waals surface area contributed by atoms with Crippen LogP contribution in [0, 0.1) is 17.8 Å². The van der Waals surface area contributed by atoms with Gasteiger partial charge in [-0.1, -0.05) is 0 Å². The third kappa shape index (κ3) is 2.41. The van der Waals surface area contributed by atoms with Crippen molar-refractivity contribution in [1.29, 1.82) is 0 Å². The highest BCUT2D eigenvalue weighted by Gasteiger charge is 2.36. The Morgan fingerprint density at radius 1 is 1.22 bits per heavy atom. The normalized spacial score (nSPS) is 43.7. The largest absolute Gasteiger partial charge is 0.378 e. The van der Waals surface area contributed by atoms with E-state index in [-0.39, 0.29) is 17.9 Å². The van der Waals surface area contributed by atoms with Crippen LogP contribution in [0.2, 0.25) is 0 Å². The molecule has 2 aliphatic heterocycles. The summed E-state index contributed by atoms with van der Waals surface area (Å²) in [7, 11) is 0. The van der Waals surface area contributed by atoms with E-state index in [4.69, 9.17) is 4.74 Å². The maximum absolute atomic E-state index is 12.2. The molecule has 0 bridgehead atoms. The Bertz CT molecular complexity index is 321. The van der Waals surface area contributed by atoms with Crippen LogP contribution in [0.5, 0.6) is 0 Å². The van der Waals surface area contributed by atoms with Crippen molar-refractivity contribution in [2.75, 3.05) is 19.7 Å². The molecule has 3 fully saturated rings. The number of carbonyl (C=O) groups is 1. The standard InChI is InChI=1S/C14H24N2O2/c1-9-13(4-5-18-9)14(17)16-12-3-2-10-7-15-8-11(10)6-12/h9-13,15H,2-8H2,1H3,(H,16,17)/t9?,10-,11+,12?,13?/m0/s1. The molecule has 3 aliphatic rings. The fourth-order valence-electron chi connectivity index (χ4n) is 3.81. The smallest absolute Gasteiger partial charge is 0.226 e. The average Bonchev–Trinajstić information content (AvgIpc) is 2.96. The second-order valence-electron chi connectivity index (χ2n) is 6.17. The molecule has 0 aromatic carbocycles. The number of hydrogen-bond donors (Lipinski definition) is 2. The van der Waals surface area contributed by atoms with Crippen molar-refractivity contribution >= 4 is 5.91 Å². The SMILES string of the molecule is CC1OCCC1C(=O)NC1CC[C@H]2CNC[C@H]2C1. The number of fused-ring (bicyclic) bond motifs is 1. The van der Waals surface area contributed by atoms with Gasteiger partial charge in [-0.2, -0.15) is 0 Å². The van der Waals surface area contributed by atoms with Crippen LogP contribution in [0.3, 0.4) is 0 Å². The molecule has 2 heterocycles. The maximum atomic E-state index is 12.2. The summed E-state index contributed by atoms with van der Waals surface area (Å²) in [6.07, 6.45) is 4.55. The molecule has 102 valence electrons. The summed E-state index contributed by atoms with van der Waals surface area (Å²) in [5.41, 5.74) is 0. The van der Waals surface area contributed by atoms with E-state index in [0.29, 0.717) is 6.04 Å². The Morgan fingerprint density at radius 3 is 2.83 bits per heavy atom. The molecule has 0 radical (unpaired) electrons. The third-order valence-electron chi connectivity index (χ3n) is 5.01. The van der Waals surface area contributed by atoms with Crippen LogP contribution >= 0.6 is 0 Å². The lowest BCUT2D eigenvalue weighted by molar-refractivity contribution is -0.127. The molecule has 4 nitrogen and oxygen atoms in total. The first kappa shape index (κ1) is 12.4. The molecule has 5 atom stereocenters. The maximum Gasteiger partial charge on any atom is 0.226 e. The first-order valence-corrected chi connectivity index (χ1v) is 7.36. The fraction of sp³-hybridized carbons (Fsp3) is 0.929. The zero-order valence-corrected chi connectivity index (χ0v) is 11.2. The number of ether oxygens (including phenoxy) is 1. The van der Waals surface area contributed by atoms with Gasteiger partial charge in [-0.15, -0.1) is 0 Å². The minimum absolute atomic E-state index is 0.0735. The second kappa shape index (κ2) is 5.17. The first-order chi connectivity index (χ1) is 8.74. The van der Waals surface area contributed by atoms with Gasteiger partial charge < -0.3 is 15.4 Å². The van der Waals surface area contributed by atoms with Gasteiger partial charge in [-0.3, -0.25) is 4.79 Å². The zero-order chi connectivity index (χ0) is 12.5. The molecule has 1 saturated carbocycles. The van der Waals surface area contributed by atoms with Crippen LogP contribution in [0.1, 0.15) is 32.6 Å². The van der Waals surface area contributed by atoms with Crippen LogP contribution in [0.15, 0.2) is 0 Å². The molecule has 2 saturated heterocycles. The molecule has 0 spiro atoms. The van der Waals surface area contributed by atoms with E-state index in [1.807, 2.05) is 6.92 Å². The van der Waals surface area contributed by atoms with Crippen molar-refractivity contribution in [1.82, 2.24) is 10.6 Å². The van der Waals surface area contributed by atoms with E-state index in [9.17, 15) is 4.79 Å². The highest BCUT2D eigenvalue weighted by Crippen LogP contribution is 2.33. The Labute approximate surface area is 109 Å². The van der Waals surface area contributed by atoms with Crippen molar-refractivity contribution < 1.29 is 9.53 Å². The number of hydrogen-bond acceptors (Lipinski definition) is 3. The van der Waals surface area contributed by atoms with Crippen LogP contribution < -0.4 is 10.6 Å². The van der Waals surface area contributed by atoms with Gasteiger partial charge in [0.05, 0.1) is 12.0 Å². The first-order valence-electron chi connectivity index (χ1n) is 7.36. The van der Waals surface area contributed by atoms with Crippen LogP contribution in [0.25, 0.3) is 0 Å². The van der Waals surface area contributed by atoms with E-state index >= 15 is 0 Å². The van der Waals surface area contributed by atoms with Gasteiger partial charge in [0.25, 0.3) is 0 Å². The lowest BCUT2D eigenvalue weighted by Crippen LogP contribution is -2.44. The summed E-state index contributed by atoms with van der Waals surface area (Å²) < 4.78 is 5.47. The summed E-state index contributed by atoms with van der Waals surface area (Å²) >= 11 is 0. The quantitative estimate of drug-likeness (QED) is 0.768. The topological polar surface area (TPSA) is 50.4 Å². The summed E-state index contributed by atoms with van der Waals surface area (Å²) in [6, 6.07) is 0.395. The average molecular weight is 252 g/mol. The van der Waals surface area contributed by atoms with E-state index in [1.54, 1.807) is 0 Å². The molecular formula is C14H24N2O2. The van der Waals surface area contributed by atoms with Gasteiger partial charge in [0.15, 0.2) is 0 Å². The molecule has 3 rings (SSSR count). The summed E-state index contributed by atoms with van der Waals surface area (Å²) in [5, 5.41) is 6.72. The molecule has 2 N–H and O–H groups in total. The van der Waals surface area contributed by atoms with Gasteiger partial charge >= 0.3 is 0 Å². The highest BCUT2D eigenvalue weighted by molar-refractivity contribution is 5.79. The summed E-state index contributed by atoms with van der Waals surface area (Å²) in [6.45, 7) is 5.06. The molecule has 1 amide bonds. The Balaban J connectivity index is 1.52. The second-order valence-corrected chi connectivity index (χ2v) is 6.17. The Kier molecular flexibility index (Phi) is 3.57. The van der Waals surface area contributed by atoms with Crippen LogP contribution in [-0.2, 0) is 9.53 Å². The molecule has 4 heteroatoms. The highest BCUT2D eigenvalue weighted by atomic mass is 16.5. The van der Waals surface area contributed by atoms with Crippen molar-refractivity contribution in [2.24, 2.45) is 17.8 Å². The predicted octanol–water partition coefficient (Wildman–Crippen LogP) is 0.916. The minimum atomic E-state index is 0.0735. The van der Waals surface area contributed by atoms with Gasteiger partial charge in [-0.25, -0.2) is 0 Å². The third-order valence-corrected chi connectivity index (χ3v) is 5.01. The van der Waals surface area contributed by atoms with E-state index in [2.05, 4.69) is 10.6 Å². The Hall–Kier alpha value is -0.610. The fourth-order valence-corrected chi connectivity index (χ4v) is 3.81. The molecule has 18 heavy (non-hydrogen) atoms. The number of rotatable bonds is 2. The van der Waals surface area contributed by atoms with Gasteiger partial charge in [0.1, 0.15) is 0 Å². The van der Waals surface area contributed by atoms with Crippen molar-refractivity contribution in [2.45, 2.75) is 44.8 Å². The van der Waals surface area contributed by atoms with E-state index < -0.39 is 0 Å². The Morgan fingerprint density at radius 2 is 2.06 bits per heavy atom.